The van der Waals surface area contributed by atoms with Crippen molar-refractivity contribution in [2.75, 3.05) is 25.2 Å². The lowest BCUT2D eigenvalue weighted by Gasteiger charge is -2.19. The van der Waals surface area contributed by atoms with Crippen LogP contribution in [-0.2, 0) is 22.2 Å². The molecule has 0 aliphatic carbocycles. The quantitative estimate of drug-likeness (QED) is 0.285. The van der Waals surface area contributed by atoms with Crippen molar-refractivity contribution in [2.45, 2.75) is 32.4 Å². The Morgan fingerprint density at radius 2 is 1.77 bits per heavy atom. The van der Waals surface area contributed by atoms with E-state index >= 15 is 0 Å². The van der Waals surface area contributed by atoms with Crippen LogP contribution in [0.4, 0.5) is 24.5 Å². The fourth-order valence-electron chi connectivity index (χ4n) is 4.49. The number of benzene rings is 3. The second kappa shape index (κ2) is 12.0. The first kappa shape index (κ1) is 28.9. The van der Waals surface area contributed by atoms with E-state index in [4.69, 9.17) is 26.2 Å². The molecule has 0 atom stereocenters. The molecule has 4 rings (SSSR count). The van der Waals surface area contributed by atoms with Gasteiger partial charge in [0.25, 0.3) is 5.71 Å². The zero-order chi connectivity index (χ0) is 29.0. The third-order valence-corrected chi connectivity index (χ3v) is 6.69. The van der Waals surface area contributed by atoms with Gasteiger partial charge in [0.2, 0.25) is 5.69 Å². The van der Waals surface area contributed by atoms with Crippen molar-refractivity contribution < 1.29 is 42.3 Å². The lowest BCUT2D eigenvalue weighted by atomic mass is 10.0. The molecule has 11 heteroatoms. The van der Waals surface area contributed by atoms with E-state index in [9.17, 15) is 22.8 Å². The maximum absolute atomic E-state index is 14.0. The Kier molecular flexibility index (Phi) is 8.68. The molecule has 1 amide bonds. The minimum Gasteiger partial charge on any atom is -0.496 e. The van der Waals surface area contributed by atoms with Crippen LogP contribution >= 0.6 is 11.6 Å². The molecule has 1 heterocycles. The first-order valence-electron chi connectivity index (χ1n) is 12.4. The zero-order valence-corrected chi connectivity index (χ0v) is 22.5. The Labute approximate surface area is 233 Å². The molecule has 0 bridgehead atoms. The van der Waals surface area contributed by atoms with Crippen molar-refractivity contribution in [3.8, 4) is 11.5 Å². The SMILES string of the molecule is COc1cc([NH+]=C(C(=O)N2CCc3c(C)cc(C(F)(F)F)cc32)c2ccc(Cl)cc2)cc(OCCCC(=O)O)c1. The highest BCUT2D eigenvalue weighted by atomic mass is 35.5. The predicted octanol–water partition coefficient (Wildman–Crippen LogP) is 4.71. The summed E-state index contributed by atoms with van der Waals surface area (Å²) in [4.78, 5) is 29.2. The van der Waals surface area contributed by atoms with Gasteiger partial charge < -0.3 is 19.5 Å². The van der Waals surface area contributed by atoms with Gasteiger partial charge in [0, 0.05) is 29.7 Å². The molecule has 0 radical (unpaired) electrons. The second-order valence-electron chi connectivity index (χ2n) is 9.25. The summed E-state index contributed by atoms with van der Waals surface area (Å²) in [6.45, 7) is 1.97. The molecular formula is C29H27ClF3N2O5+. The third-order valence-electron chi connectivity index (χ3n) is 6.43. The summed E-state index contributed by atoms with van der Waals surface area (Å²) >= 11 is 6.07. The van der Waals surface area contributed by atoms with E-state index in [1.54, 1.807) is 49.4 Å². The summed E-state index contributed by atoms with van der Waals surface area (Å²) in [7, 11) is 1.46. The molecule has 0 saturated heterocycles. The number of aliphatic carboxylic acids is 1. The van der Waals surface area contributed by atoms with Crippen LogP contribution in [0, 0.1) is 6.92 Å². The number of rotatable bonds is 9. The normalized spacial score (nSPS) is 13.2. The van der Waals surface area contributed by atoms with Crippen molar-refractivity contribution in [1.29, 1.82) is 0 Å². The lowest BCUT2D eigenvalue weighted by Crippen LogP contribution is -2.70. The lowest BCUT2D eigenvalue weighted by molar-refractivity contribution is -0.352. The molecule has 2 N–H and O–H groups in total. The Bertz CT molecular complexity index is 1460. The number of hydrogen-bond donors (Lipinski definition) is 2. The maximum Gasteiger partial charge on any atom is 0.416 e. The van der Waals surface area contributed by atoms with Crippen molar-refractivity contribution in [2.24, 2.45) is 0 Å². The van der Waals surface area contributed by atoms with E-state index < -0.39 is 23.6 Å². The number of fused-ring (bicyclic) bond motifs is 1. The number of nitrogens with zero attached hydrogens (tertiary/aromatic N) is 1. The summed E-state index contributed by atoms with van der Waals surface area (Å²) in [5.74, 6) is -0.657. The molecule has 7 nitrogen and oxygen atoms in total. The Balaban J connectivity index is 1.75. The number of hydrogen-bond acceptors (Lipinski definition) is 4. The fraction of sp³-hybridized carbons (Fsp3) is 0.276. The van der Waals surface area contributed by atoms with Crippen LogP contribution < -0.4 is 19.4 Å². The van der Waals surface area contributed by atoms with Gasteiger partial charge in [0.15, 0.2) is 0 Å². The Morgan fingerprint density at radius 1 is 1.07 bits per heavy atom. The highest BCUT2D eigenvalue weighted by Crippen LogP contribution is 2.38. The number of carbonyl (C=O) groups is 2. The number of nitrogens with one attached hydrogen (secondary N) is 1. The largest absolute Gasteiger partial charge is 0.496 e. The van der Waals surface area contributed by atoms with Crippen LogP contribution in [0.3, 0.4) is 0 Å². The van der Waals surface area contributed by atoms with Crippen molar-refractivity contribution in [1.82, 2.24) is 0 Å². The minimum atomic E-state index is -4.56. The first-order valence-corrected chi connectivity index (χ1v) is 12.8. The molecule has 210 valence electrons. The van der Waals surface area contributed by atoms with Crippen molar-refractivity contribution >= 4 is 40.6 Å². The molecule has 40 heavy (non-hydrogen) atoms. The molecule has 0 aromatic heterocycles. The van der Waals surface area contributed by atoms with Crippen molar-refractivity contribution in [3.63, 3.8) is 0 Å². The smallest absolute Gasteiger partial charge is 0.416 e. The van der Waals surface area contributed by atoms with Gasteiger partial charge in [0.1, 0.15) is 11.5 Å². The van der Waals surface area contributed by atoms with E-state index in [1.807, 2.05) is 0 Å². The molecule has 3 aromatic carbocycles. The Morgan fingerprint density at radius 3 is 2.42 bits per heavy atom. The number of halogens is 4. The number of anilines is 1. The van der Waals surface area contributed by atoms with E-state index in [2.05, 4.69) is 4.99 Å². The first-order chi connectivity index (χ1) is 19.0. The fourth-order valence-corrected chi connectivity index (χ4v) is 4.61. The van der Waals surface area contributed by atoms with Gasteiger partial charge in [-0.2, -0.15) is 18.2 Å². The minimum absolute atomic E-state index is 0.0507. The molecule has 1 aliphatic rings. The number of ether oxygens (including phenoxy) is 2. The summed E-state index contributed by atoms with van der Waals surface area (Å²) in [5, 5.41) is 9.30. The van der Waals surface area contributed by atoms with Crippen LogP contribution in [0.2, 0.25) is 5.02 Å². The number of aryl methyl sites for hydroxylation is 1. The number of carboxylic acid groups (broad SMARTS) is 1. The van der Waals surface area contributed by atoms with Crippen LogP contribution in [0.1, 0.15) is 35.1 Å². The summed E-state index contributed by atoms with van der Waals surface area (Å²) in [6.07, 6.45) is -3.89. The van der Waals surface area contributed by atoms with Gasteiger partial charge >= 0.3 is 18.1 Å². The second-order valence-corrected chi connectivity index (χ2v) is 9.68. The van der Waals surface area contributed by atoms with Crippen LogP contribution in [-0.4, -0.2) is 43.0 Å². The number of alkyl halides is 3. The van der Waals surface area contributed by atoms with E-state index in [0.717, 1.165) is 12.1 Å². The molecule has 0 spiro atoms. The standard InChI is InChI=1S/C29H26ClF3N2O5/c1-17-12-19(29(31,32)33)13-25-24(17)9-10-35(25)28(38)27(18-5-7-20(30)8-6-18)34-21-14-22(39-2)16-23(15-21)40-11-3-4-26(36)37/h5-8,12-16H,3-4,9-11H2,1-2H3,(H,36,37)/p+1. The highest BCUT2D eigenvalue weighted by molar-refractivity contribution is 6.47. The van der Waals surface area contributed by atoms with Crippen LogP contribution in [0.5, 0.6) is 11.5 Å². The summed E-state index contributed by atoms with van der Waals surface area (Å²) < 4.78 is 51.8. The van der Waals surface area contributed by atoms with E-state index in [-0.39, 0.29) is 31.0 Å². The summed E-state index contributed by atoms with van der Waals surface area (Å²) in [5.41, 5.74) is 1.57. The topological polar surface area (TPSA) is 90.0 Å². The molecular weight excluding hydrogens is 549 g/mol. The summed E-state index contributed by atoms with van der Waals surface area (Å²) in [6, 6.07) is 13.5. The van der Waals surface area contributed by atoms with Gasteiger partial charge in [-0.15, -0.1) is 0 Å². The average molecular weight is 576 g/mol. The Hall–Kier alpha value is -4.05. The molecule has 0 saturated carbocycles. The van der Waals surface area contributed by atoms with Gasteiger partial charge in [-0.25, -0.2) is 0 Å². The maximum atomic E-state index is 14.0. The molecule has 1 aliphatic heterocycles. The monoisotopic (exact) mass is 575 g/mol. The zero-order valence-electron chi connectivity index (χ0n) is 21.8. The van der Waals surface area contributed by atoms with E-state index in [0.29, 0.717) is 51.7 Å². The molecule has 0 fully saturated rings. The van der Waals surface area contributed by atoms with Crippen LogP contribution in [0.25, 0.3) is 0 Å². The number of amides is 1. The molecule has 0 unspecified atom stereocenters. The number of carbonyl (C=O) groups excluding carboxylic acids is 1. The average Bonchev–Trinajstić information content (AvgIpc) is 3.34. The number of methoxy groups -OCH3 is 1. The van der Waals surface area contributed by atoms with Gasteiger partial charge in [0.05, 0.1) is 37.0 Å². The third kappa shape index (κ3) is 6.74. The van der Waals surface area contributed by atoms with Gasteiger partial charge in [-0.1, -0.05) is 11.6 Å². The van der Waals surface area contributed by atoms with Gasteiger partial charge in [-0.3, -0.25) is 9.59 Å². The van der Waals surface area contributed by atoms with E-state index in [1.165, 1.54) is 12.0 Å². The highest BCUT2D eigenvalue weighted by Gasteiger charge is 2.37. The molecule has 3 aromatic rings. The predicted molar refractivity (Wildman–Crippen MR) is 144 cm³/mol. The number of carboxylic acids is 1. The van der Waals surface area contributed by atoms with Crippen LogP contribution in [0.15, 0.2) is 54.6 Å². The van der Waals surface area contributed by atoms with Crippen molar-refractivity contribution in [3.05, 3.63) is 81.9 Å². The van der Waals surface area contributed by atoms with Gasteiger partial charge in [-0.05, 0) is 67.3 Å².